The van der Waals surface area contributed by atoms with Crippen molar-refractivity contribution < 1.29 is 9.15 Å². The minimum Gasteiger partial charge on any atom is -0.424 e. The van der Waals surface area contributed by atoms with Crippen molar-refractivity contribution in [2.75, 3.05) is 0 Å². The van der Waals surface area contributed by atoms with Crippen molar-refractivity contribution in [3.05, 3.63) is 64.3 Å². The summed E-state index contributed by atoms with van der Waals surface area (Å²) in [5, 5.41) is 0.586. The summed E-state index contributed by atoms with van der Waals surface area (Å²) in [6.45, 7) is 8.38. The Bertz CT molecular complexity index is 1160. The van der Waals surface area contributed by atoms with Gasteiger partial charge in [-0.25, -0.2) is 4.98 Å². The number of hydrogen-bond donors (Lipinski definition) is 0. The maximum atomic E-state index is 6.05. The van der Waals surface area contributed by atoms with Crippen molar-refractivity contribution >= 4 is 22.8 Å². The molecule has 29 heavy (non-hydrogen) atoms. The topological polar surface area (TPSA) is 61.0 Å². The van der Waals surface area contributed by atoms with E-state index in [2.05, 4.69) is 55.9 Å². The van der Waals surface area contributed by atoms with E-state index in [9.17, 15) is 0 Å². The molecule has 0 amide bonds. The van der Waals surface area contributed by atoms with E-state index in [4.69, 9.17) is 25.7 Å². The molecule has 0 bridgehead atoms. The summed E-state index contributed by atoms with van der Waals surface area (Å²) in [6, 6.07) is 13.6. The number of oxazole rings is 1. The Labute approximate surface area is 174 Å². The quantitative estimate of drug-likeness (QED) is 0.375. The Morgan fingerprint density at radius 1 is 1.00 bits per heavy atom. The van der Waals surface area contributed by atoms with E-state index in [0.29, 0.717) is 33.8 Å². The number of nitrogens with zero attached hydrogens (tertiary/aromatic N) is 3. The van der Waals surface area contributed by atoms with E-state index >= 15 is 0 Å². The predicted molar refractivity (Wildman–Crippen MR) is 115 cm³/mol. The van der Waals surface area contributed by atoms with Crippen LogP contribution >= 0.6 is 11.6 Å². The summed E-state index contributed by atoms with van der Waals surface area (Å²) in [5.41, 5.74) is 5.13. The molecular weight excluding hydrogens is 386 g/mol. The third-order valence-corrected chi connectivity index (χ3v) is 4.62. The second kappa shape index (κ2) is 7.84. The zero-order chi connectivity index (χ0) is 20.5. The van der Waals surface area contributed by atoms with Crippen LogP contribution in [0.15, 0.2) is 46.9 Å². The smallest absolute Gasteiger partial charge is 0.325 e. The first-order valence-electron chi connectivity index (χ1n) is 9.57. The maximum Gasteiger partial charge on any atom is 0.325 e. The standard InChI is InChI=1S/C23H22ClN3O2/c1-13(2)8-19-20-22(27-23(25-19)28-18-7-5-6-17(24)12-18)29-21(26-20)16-10-14(3)9-15(4)11-16/h5-7,9-13H,8H2,1-4H3. The Balaban J connectivity index is 1.80. The van der Waals surface area contributed by atoms with Crippen LogP contribution in [0.1, 0.15) is 30.7 Å². The average Bonchev–Trinajstić information content (AvgIpc) is 3.05. The highest BCUT2D eigenvalue weighted by atomic mass is 35.5. The molecule has 2 aromatic carbocycles. The lowest BCUT2D eigenvalue weighted by Crippen LogP contribution is -2.02. The average molecular weight is 408 g/mol. The van der Waals surface area contributed by atoms with Gasteiger partial charge in [0.1, 0.15) is 5.75 Å². The number of halogens is 1. The Morgan fingerprint density at radius 2 is 1.76 bits per heavy atom. The summed E-state index contributed by atoms with van der Waals surface area (Å²) in [6.07, 6.45) is 0.740. The molecule has 0 atom stereocenters. The minimum absolute atomic E-state index is 0.221. The van der Waals surface area contributed by atoms with Crippen LogP contribution in [0.3, 0.4) is 0 Å². The summed E-state index contributed by atoms with van der Waals surface area (Å²) in [7, 11) is 0. The van der Waals surface area contributed by atoms with E-state index in [0.717, 1.165) is 28.8 Å². The fraction of sp³-hybridized carbons (Fsp3) is 0.261. The van der Waals surface area contributed by atoms with Gasteiger partial charge in [-0.3, -0.25) is 0 Å². The van der Waals surface area contributed by atoms with Crippen LogP contribution in [0.4, 0.5) is 0 Å². The third-order valence-electron chi connectivity index (χ3n) is 4.39. The summed E-state index contributed by atoms with van der Waals surface area (Å²) < 4.78 is 11.9. The molecule has 0 unspecified atom stereocenters. The van der Waals surface area contributed by atoms with Gasteiger partial charge in [0.15, 0.2) is 5.52 Å². The molecule has 2 aromatic heterocycles. The van der Waals surface area contributed by atoms with Gasteiger partial charge in [-0.15, -0.1) is 0 Å². The van der Waals surface area contributed by atoms with Gasteiger partial charge in [-0.2, -0.15) is 9.97 Å². The highest BCUT2D eigenvalue weighted by Gasteiger charge is 2.18. The van der Waals surface area contributed by atoms with E-state index in [-0.39, 0.29) is 6.01 Å². The summed E-state index contributed by atoms with van der Waals surface area (Å²) >= 11 is 6.05. The molecular formula is C23H22ClN3O2. The molecule has 4 aromatic rings. The van der Waals surface area contributed by atoms with Crippen LogP contribution in [-0.2, 0) is 6.42 Å². The van der Waals surface area contributed by atoms with Crippen molar-refractivity contribution in [1.29, 1.82) is 0 Å². The SMILES string of the molecule is Cc1cc(C)cc(-c2nc3c(CC(C)C)nc(Oc4cccc(Cl)c4)nc3o2)c1. The monoisotopic (exact) mass is 407 g/mol. The Kier molecular flexibility index (Phi) is 5.24. The molecule has 0 radical (unpaired) electrons. The van der Waals surface area contributed by atoms with E-state index < -0.39 is 0 Å². The number of rotatable bonds is 5. The Morgan fingerprint density at radius 3 is 2.45 bits per heavy atom. The van der Waals surface area contributed by atoms with Crippen LogP contribution in [0.2, 0.25) is 5.02 Å². The van der Waals surface area contributed by atoms with Crippen molar-refractivity contribution in [3.63, 3.8) is 0 Å². The molecule has 5 nitrogen and oxygen atoms in total. The number of aromatic nitrogens is 3. The van der Waals surface area contributed by atoms with Gasteiger partial charge >= 0.3 is 6.01 Å². The second-order valence-corrected chi connectivity index (χ2v) is 8.10. The van der Waals surface area contributed by atoms with Gasteiger partial charge < -0.3 is 9.15 Å². The first kappa shape index (κ1) is 19.4. The minimum atomic E-state index is 0.221. The van der Waals surface area contributed by atoms with Gasteiger partial charge in [0, 0.05) is 10.6 Å². The normalized spacial score (nSPS) is 11.4. The maximum absolute atomic E-state index is 6.05. The molecule has 0 aliphatic carbocycles. The number of ether oxygens (including phenoxy) is 1. The fourth-order valence-corrected chi connectivity index (χ4v) is 3.47. The summed E-state index contributed by atoms with van der Waals surface area (Å²) in [5.74, 6) is 1.50. The van der Waals surface area contributed by atoms with E-state index in [1.165, 1.54) is 0 Å². The zero-order valence-corrected chi connectivity index (χ0v) is 17.6. The lowest BCUT2D eigenvalue weighted by atomic mass is 10.1. The number of aryl methyl sites for hydroxylation is 2. The number of hydrogen-bond acceptors (Lipinski definition) is 5. The lowest BCUT2D eigenvalue weighted by molar-refractivity contribution is 0.436. The third kappa shape index (κ3) is 4.40. The van der Waals surface area contributed by atoms with E-state index in [1.54, 1.807) is 12.1 Å². The van der Waals surface area contributed by atoms with Gasteiger partial charge in [-0.1, -0.05) is 48.7 Å². The molecule has 0 aliphatic heterocycles. The van der Waals surface area contributed by atoms with Crippen LogP contribution in [0, 0.1) is 19.8 Å². The first-order valence-corrected chi connectivity index (χ1v) is 9.95. The van der Waals surface area contributed by atoms with E-state index in [1.807, 2.05) is 12.1 Å². The van der Waals surface area contributed by atoms with Gasteiger partial charge in [-0.05, 0) is 56.5 Å². The highest BCUT2D eigenvalue weighted by Crippen LogP contribution is 2.30. The molecule has 2 heterocycles. The van der Waals surface area contributed by atoms with Crippen LogP contribution in [0.25, 0.3) is 22.7 Å². The zero-order valence-electron chi connectivity index (χ0n) is 16.9. The van der Waals surface area contributed by atoms with Gasteiger partial charge in [0.2, 0.25) is 5.89 Å². The van der Waals surface area contributed by atoms with Crippen LogP contribution in [-0.4, -0.2) is 15.0 Å². The van der Waals surface area contributed by atoms with Gasteiger partial charge in [0.25, 0.3) is 5.71 Å². The summed E-state index contributed by atoms with van der Waals surface area (Å²) in [4.78, 5) is 13.8. The molecule has 0 spiro atoms. The molecule has 0 saturated carbocycles. The van der Waals surface area contributed by atoms with Crippen molar-refractivity contribution in [3.8, 4) is 23.2 Å². The molecule has 0 aliphatic rings. The van der Waals surface area contributed by atoms with Crippen molar-refractivity contribution in [2.45, 2.75) is 34.1 Å². The van der Waals surface area contributed by atoms with Crippen molar-refractivity contribution in [1.82, 2.24) is 15.0 Å². The molecule has 148 valence electrons. The largest absolute Gasteiger partial charge is 0.424 e. The fourth-order valence-electron chi connectivity index (χ4n) is 3.29. The molecule has 4 rings (SSSR count). The predicted octanol–water partition coefficient (Wildman–Crippen LogP) is 6.55. The Hall–Kier alpha value is -2.92. The highest BCUT2D eigenvalue weighted by molar-refractivity contribution is 6.30. The van der Waals surface area contributed by atoms with Crippen LogP contribution < -0.4 is 4.74 Å². The molecule has 0 saturated heterocycles. The molecule has 0 fully saturated rings. The number of fused-ring (bicyclic) bond motifs is 1. The molecule has 0 N–H and O–H groups in total. The first-order chi connectivity index (χ1) is 13.9. The van der Waals surface area contributed by atoms with Crippen molar-refractivity contribution in [2.24, 2.45) is 5.92 Å². The second-order valence-electron chi connectivity index (χ2n) is 7.66. The van der Waals surface area contributed by atoms with Gasteiger partial charge in [0.05, 0.1) is 5.69 Å². The number of benzene rings is 2. The van der Waals surface area contributed by atoms with Crippen LogP contribution in [0.5, 0.6) is 11.8 Å². The lowest BCUT2D eigenvalue weighted by Gasteiger charge is -2.07. The molecule has 6 heteroatoms.